The van der Waals surface area contributed by atoms with Gasteiger partial charge in [0.2, 0.25) is 5.91 Å². The van der Waals surface area contributed by atoms with Crippen molar-refractivity contribution in [3.8, 4) is 0 Å². The molecule has 0 heterocycles. The Morgan fingerprint density at radius 3 is 2.13 bits per heavy atom. The molecular formula is C13H19NO. The van der Waals surface area contributed by atoms with Crippen molar-refractivity contribution in [1.82, 2.24) is 0 Å². The lowest BCUT2D eigenvalue weighted by Gasteiger charge is -2.19. The predicted molar refractivity (Wildman–Crippen MR) is 62.7 cm³/mol. The quantitative estimate of drug-likeness (QED) is 0.809. The van der Waals surface area contributed by atoms with E-state index in [4.69, 9.17) is 5.73 Å². The SMILES string of the molecule is CC(C)(C)c1ccc(CCC(N)=O)cc1. The average molecular weight is 205 g/mol. The summed E-state index contributed by atoms with van der Waals surface area (Å²) in [6.07, 6.45) is 1.16. The van der Waals surface area contributed by atoms with E-state index in [-0.39, 0.29) is 11.3 Å². The second kappa shape index (κ2) is 4.47. The summed E-state index contributed by atoms with van der Waals surface area (Å²) in [6, 6.07) is 8.39. The first kappa shape index (κ1) is 11.8. The molecule has 0 aromatic heterocycles. The van der Waals surface area contributed by atoms with E-state index in [0.717, 1.165) is 6.42 Å². The number of rotatable bonds is 3. The smallest absolute Gasteiger partial charge is 0.217 e. The number of amides is 1. The van der Waals surface area contributed by atoms with Crippen LogP contribution in [0.1, 0.15) is 38.3 Å². The van der Waals surface area contributed by atoms with Crippen LogP contribution in [0.15, 0.2) is 24.3 Å². The summed E-state index contributed by atoms with van der Waals surface area (Å²) in [5, 5.41) is 0. The highest BCUT2D eigenvalue weighted by Crippen LogP contribution is 2.22. The zero-order valence-corrected chi connectivity index (χ0v) is 9.71. The maximum Gasteiger partial charge on any atom is 0.217 e. The van der Waals surface area contributed by atoms with Gasteiger partial charge in [0.25, 0.3) is 0 Å². The maximum atomic E-state index is 10.6. The van der Waals surface area contributed by atoms with Crippen molar-refractivity contribution < 1.29 is 4.79 Å². The van der Waals surface area contributed by atoms with Gasteiger partial charge >= 0.3 is 0 Å². The lowest BCUT2D eigenvalue weighted by Crippen LogP contribution is -2.12. The van der Waals surface area contributed by atoms with Crippen LogP contribution in [0.5, 0.6) is 0 Å². The van der Waals surface area contributed by atoms with Crippen LogP contribution in [0.25, 0.3) is 0 Å². The lowest BCUT2D eigenvalue weighted by molar-refractivity contribution is -0.117. The molecule has 0 saturated carbocycles. The van der Waals surface area contributed by atoms with Gasteiger partial charge in [0, 0.05) is 6.42 Å². The molecule has 0 bridgehead atoms. The van der Waals surface area contributed by atoms with Crippen molar-refractivity contribution in [2.24, 2.45) is 5.73 Å². The number of nitrogens with two attached hydrogens (primary N) is 1. The molecule has 82 valence electrons. The van der Waals surface area contributed by atoms with Crippen LogP contribution >= 0.6 is 0 Å². The van der Waals surface area contributed by atoms with Crippen LogP contribution < -0.4 is 5.73 Å². The monoisotopic (exact) mass is 205 g/mol. The summed E-state index contributed by atoms with van der Waals surface area (Å²) in [6.45, 7) is 6.56. The van der Waals surface area contributed by atoms with Gasteiger partial charge in [-0.25, -0.2) is 0 Å². The van der Waals surface area contributed by atoms with E-state index in [1.54, 1.807) is 0 Å². The van der Waals surface area contributed by atoms with Gasteiger partial charge in [-0.05, 0) is 23.0 Å². The zero-order valence-electron chi connectivity index (χ0n) is 9.71. The molecule has 0 radical (unpaired) electrons. The van der Waals surface area contributed by atoms with Gasteiger partial charge in [0.15, 0.2) is 0 Å². The summed E-state index contributed by atoms with van der Waals surface area (Å²) in [5.41, 5.74) is 7.76. The van der Waals surface area contributed by atoms with Gasteiger partial charge in [-0.2, -0.15) is 0 Å². The highest BCUT2D eigenvalue weighted by atomic mass is 16.1. The minimum absolute atomic E-state index is 0.183. The number of carbonyl (C=O) groups is 1. The Morgan fingerprint density at radius 1 is 1.20 bits per heavy atom. The molecule has 0 aliphatic heterocycles. The number of benzene rings is 1. The number of primary amides is 1. The molecule has 2 N–H and O–H groups in total. The van der Waals surface area contributed by atoms with Crippen LogP contribution in [0, 0.1) is 0 Å². The molecule has 2 heteroatoms. The molecular weight excluding hydrogens is 186 g/mol. The molecule has 15 heavy (non-hydrogen) atoms. The number of carbonyl (C=O) groups excluding carboxylic acids is 1. The third-order valence-corrected chi connectivity index (χ3v) is 2.48. The topological polar surface area (TPSA) is 43.1 Å². The second-order valence-corrected chi connectivity index (χ2v) is 4.91. The third kappa shape index (κ3) is 3.74. The highest BCUT2D eigenvalue weighted by molar-refractivity contribution is 5.73. The van der Waals surface area contributed by atoms with Crippen molar-refractivity contribution in [2.45, 2.75) is 39.0 Å². The minimum atomic E-state index is -0.241. The standard InChI is InChI=1S/C13H19NO/c1-13(2,3)11-7-4-10(5-8-11)6-9-12(14)15/h4-5,7-8H,6,9H2,1-3H3,(H2,14,15). The lowest BCUT2D eigenvalue weighted by atomic mass is 9.86. The van der Waals surface area contributed by atoms with E-state index < -0.39 is 0 Å². The Balaban J connectivity index is 2.69. The van der Waals surface area contributed by atoms with Crippen LogP contribution in [-0.4, -0.2) is 5.91 Å². The number of aryl methyl sites for hydroxylation is 1. The van der Waals surface area contributed by atoms with Crippen LogP contribution in [-0.2, 0) is 16.6 Å². The van der Waals surface area contributed by atoms with Gasteiger partial charge in [-0.1, -0.05) is 45.0 Å². The Morgan fingerprint density at radius 2 is 1.73 bits per heavy atom. The largest absolute Gasteiger partial charge is 0.370 e. The molecule has 1 aromatic carbocycles. The summed E-state index contributed by atoms with van der Waals surface area (Å²) >= 11 is 0. The van der Waals surface area contributed by atoms with Gasteiger partial charge in [0.05, 0.1) is 0 Å². The fourth-order valence-electron chi connectivity index (χ4n) is 1.44. The summed E-state index contributed by atoms with van der Waals surface area (Å²) in [7, 11) is 0. The van der Waals surface area contributed by atoms with Gasteiger partial charge < -0.3 is 5.73 Å². The molecule has 0 fully saturated rings. The Hall–Kier alpha value is -1.31. The Bertz CT molecular complexity index is 333. The molecule has 0 spiro atoms. The van der Waals surface area contributed by atoms with Crippen molar-refractivity contribution in [1.29, 1.82) is 0 Å². The zero-order chi connectivity index (χ0) is 11.5. The van der Waals surface area contributed by atoms with Crippen LogP contribution in [0.2, 0.25) is 0 Å². The summed E-state index contributed by atoms with van der Waals surface area (Å²) in [4.78, 5) is 10.6. The fraction of sp³-hybridized carbons (Fsp3) is 0.462. The molecule has 1 rings (SSSR count). The fourth-order valence-corrected chi connectivity index (χ4v) is 1.44. The predicted octanol–water partition coefficient (Wildman–Crippen LogP) is 2.40. The molecule has 0 saturated heterocycles. The van der Waals surface area contributed by atoms with Gasteiger partial charge in [0.1, 0.15) is 0 Å². The van der Waals surface area contributed by atoms with Crippen molar-refractivity contribution >= 4 is 5.91 Å². The molecule has 0 aliphatic rings. The molecule has 1 aromatic rings. The van der Waals surface area contributed by atoms with Crippen molar-refractivity contribution in [2.75, 3.05) is 0 Å². The molecule has 1 amide bonds. The maximum absolute atomic E-state index is 10.6. The second-order valence-electron chi connectivity index (χ2n) is 4.91. The minimum Gasteiger partial charge on any atom is -0.370 e. The molecule has 0 unspecified atom stereocenters. The van der Waals surface area contributed by atoms with E-state index in [0.29, 0.717) is 6.42 Å². The normalized spacial score (nSPS) is 11.4. The third-order valence-electron chi connectivity index (χ3n) is 2.48. The number of hydrogen-bond acceptors (Lipinski definition) is 1. The van der Waals surface area contributed by atoms with E-state index >= 15 is 0 Å². The summed E-state index contributed by atoms with van der Waals surface area (Å²) < 4.78 is 0. The molecule has 0 atom stereocenters. The van der Waals surface area contributed by atoms with Crippen LogP contribution in [0.3, 0.4) is 0 Å². The Kier molecular flexibility index (Phi) is 3.51. The van der Waals surface area contributed by atoms with E-state index in [1.165, 1.54) is 11.1 Å². The van der Waals surface area contributed by atoms with E-state index in [1.807, 2.05) is 0 Å². The van der Waals surface area contributed by atoms with Crippen LogP contribution in [0.4, 0.5) is 0 Å². The highest BCUT2D eigenvalue weighted by Gasteiger charge is 2.12. The molecule has 2 nitrogen and oxygen atoms in total. The first-order valence-corrected chi connectivity index (χ1v) is 5.27. The Labute approximate surface area is 91.5 Å². The first-order chi connectivity index (χ1) is 6.89. The number of hydrogen-bond donors (Lipinski definition) is 1. The first-order valence-electron chi connectivity index (χ1n) is 5.27. The van der Waals surface area contributed by atoms with Crippen molar-refractivity contribution in [3.63, 3.8) is 0 Å². The molecule has 0 aliphatic carbocycles. The van der Waals surface area contributed by atoms with Gasteiger partial charge in [-0.15, -0.1) is 0 Å². The van der Waals surface area contributed by atoms with Crippen molar-refractivity contribution in [3.05, 3.63) is 35.4 Å². The summed E-state index contributed by atoms with van der Waals surface area (Å²) in [5.74, 6) is -0.241. The van der Waals surface area contributed by atoms with E-state index in [9.17, 15) is 4.79 Å². The van der Waals surface area contributed by atoms with E-state index in [2.05, 4.69) is 45.0 Å². The van der Waals surface area contributed by atoms with Gasteiger partial charge in [-0.3, -0.25) is 4.79 Å². The average Bonchev–Trinajstić information content (AvgIpc) is 2.14.